The largest absolute Gasteiger partial charge is 0.399 e. The lowest BCUT2D eigenvalue weighted by molar-refractivity contribution is -0.000954. The van der Waals surface area contributed by atoms with Crippen LogP contribution in [0.25, 0.3) is 0 Å². The molecule has 0 aromatic heterocycles. The van der Waals surface area contributed by atoms with E-state index in [0.717, 1.165) is 0 Å². The van der Waals surface area contributed by atoms with Crippen molar-refractivity contribution < 1.29 is 9.53 Å². The van der Waals surface area contributed by atoms with E-state index in [1.165, 1.54) is 0 Å². The Hall–Kier alpha value is 0.137. The van der Waals surface area contributed by atoms with Gasteiger partial charge in [-0.1, -0.05) is 20.8 Å². The van der Waals surface area contributed by atoms with Crippen molar-refractivity contribution in [2.24, 2.45) is 0 Å². The number of aliphatic hydroxyl groups is 1. The van der Waals surface area contributed by atoms with Gasteiger partial charge in [-0.05, 0) is 12.0 Å². The summed E-state index contributed by atoms with van der Waals surface area (Å²) in [5.41, 5.74) is 0. The van der Waals surface area contributed by atoms with Gasteiger partial charge in [0.25, 0.3) is 0 Å². The Labute approximate surface area is 59.2 Å². The maximum atomic E-state index is 8.73. The molecule has 0 saturated heterocycles. The van der Waals surface area contributed by atoms with Crippen LogP contribution >= 0.6 is 0 Å². The Bertz CT molecular complexity index is 75.6. The van der Waals surface area contributed by atoms with Crippen molar-refractivity contribution in [3.05, 3.63) is 0 Å². The summed E-state index contributed by atoms with van der Waals surface area (Å²) in [5, 5.41) is 9.02. The van der Waals surface area contributed by atoms with Gasteiger partial charge in [0.2, 0.25) is 0 Å². The third-order valence-electron chi connectivity index (χ3n) is 0.758. The van der Waals surface area contributed by atoms with Crippen LogP contribution in [0.1, 0.15) is 27.7 Å². The second-order valence-corrected chi connectivity index (χ2v) is 6.21. The quantitative estimate of drug-likeness (QED) is 0.460. The van der Waals surface area contributed by atoms with Gasteiger partial charge in [-0.25, -0.2) is 0 Å². The monoisotopic (exact) mass is 148 g/mol. The maximum Gasteiger partial charge on any atom is 0.170 e. The van der Waals surface area contributed by atoms with Crippen molar-refractivity contribution in [3.63, 3.8) is 0 Å². The summed E-state index contributed by atoms with van der Waals surface area (Å²) in [6.45, 7) is 8.03. The van der Waals surface area contributed by atoms with Crippen LogP contribution in [-0.4, -0.2) is 21.2 Å². The lowest BCUT2D eigenvalue weighted by Gasteiger charge is -2.18. The molecule has 0 aromatic carbocycles. The summed E-state index contributed by atoms with van der Waals surface area (Å²) in [7, 11) is -0.548. The molecule has 0 aromatic rings. The van der Waals surface area contributed by atoms with Crippen LogP contribution in [-0.2, 0) is 4.43 Å². The van der Waals surface area contributed by atoms with Crippen molar-refractivity contribution in [2.75, 3.05) is 0 Å². The summed E-state index contributed by atoms with van der Waals surface area (Å²) in [6.07, 6.45) is -0.573. The van der Waals surface area contributed by atoms with Crippen LogP contribution in [0.15, 0.2) is 0 Å². The zero-order valence-electron chi connectivity index (χ0n) is 6.64. The fourth-order valence-electron chi connectivity index (χ4n) is 0.371. The van der Waals surface area contributed by atoms with Crippen molar-refractivity contribution in [1.82, 2.24) is 0 Å². The molecule has 0 aliphatic carbocycles. The van der Waals surface area contributed by atoms with E-state index in [-0.39, 0.29) is 5.04 Å². The number of hydrogen-bond donors (Lipinski definition) is 1. The third kappa shape index (κ3) is 8.14. The van der Waals surface area contributed by atoms with E-state index in [1.54, 1.807) is 6.92 Å². The molecule has 0 aliphatic heterocycles. The molecule has 1 N–H and O–H groups in total. The Morgan fingerprint density at radius 2 is 1.89 bits per heavy atom. The summed E-state index contributed by atoms with van der Waals surface area (Å²) in [5.74, 6) is 0. The van der Waals surface area contributed by atoms with Gasteiger partial charge in [-0.15, -0.1) is 0 Å². The first-order chi connectivity index (χ1) is 3.92. The molecule has 0 rings (SSSR count). The molecule has 9 heavy (non-hydrogen) atoms. The minimum absolute atomic E-state index is 0.289. The maximum absolute atomic E-state index is 8.73. The van der Waals surface area contributed by atoms with Crippen LogP contribution in [0.2, 0.25) is 5.04 Å². The summed E-state index contributed by atoms with van der Waals surface area (Å²) in [4.78, 5) is 0. The van der Waals surface area contributed by atoms with Crippen LogP contribution in [0.3, 0.4) is 0 Å². The van der Waals surface area contributed by atoms with Gasteiger partial charge in [0.15, 0.2) is 9.76 Å². The van der Waals surface area contributed by atoms with Gasteiger partial charge < -0.3 is 9.53 Å². The first-order valence-electron chi connectivity index (χ1n) is 3.21. The average molecular weight is 148 g/mol. The Balaban J connectivity index is 3.28. The summed E-state index contributed by atoms with van der Waals surface area (Å²) >= 11 is 0. The molecule has 0 fully saturated rings. The van der Waals surface area contributed by atoms with Crippen LogP contribution in [0.4, 0.5) is 0 Å². The second-order valence-electron chi connectivity index (χ2n) is 3.47. The van der Waals surface area contributed by atoms with E-state index in [9.17, 15) is 0 Å². The highest BCUT2D eigenvalue weighted by atomic mass is 28.2. The molecule has 1 unspecified atom stereocenters. The van der Waals surface area contributed by atoms with E-state index in [0.29, 0.717) is 0 Å². The number of rotatable bonds is 2. The minimum atomic E-state index is -0.573. The molecule has 0 amide bonds. The molecule has 0 bridgehead atoms. The zero-order valence-corrected chi connectivity index (χ0v) is 8.05. The van der Waals surface area contributed by atoms with Gasteiger partial charge in [-0.3, -0.25) is 0 Å². The molecular weight excluding hydrogens is 132 g/mol. The number of hydrogen-bond acceptors (Lipinski definition) is 2. The summed E-state index contributed by atoms with van der Waals surface area (Å²) < 4.78 is 5.10. The van der Waals surface area contributed by atoms with Crippen LogP contribution in [0.5, 0.6) is 0 Å². The highest BCUT2D eigenvalue weighted by molar-refractivity contribution is 6.31. The summed E-state index contributed by atoms with van der Waals surface area (Å²) in [6, 6.07) is 0. The minimum Gasteiger partial charge on any atom is -0.399 e. The molecule has 0 aliphatic rings. The third-order valence-corrected chi connectivity index (χ3v) is 2.27. The second kappa shape index (κ2) is 3.34. The first-order valence-corrected chi connectivity index (χ1v) is 4.50. The predicted octanol–water partition coefficient (Wildman–Crippen LogP) is 0.643. The van der Waals surface area contributed by atoms with Gasteiger partial charge in [-0.2, -0.15) is 0 Å². The van der Waals surface area contributed by atoms with Gasteiger partial charge >= 0.3 is 0 Å². The standard InChI is InChI=1S/C6H16O2Si/c1-5(7)8-9-6(2,3)4/h5,7H,9H2,1-4H3. The predicted molar refractivity (Wildman–Crippen MR) is 41.0 cm³/mol. The Morgan fingerprint density at radius 3 is 2.00 bits per heavy atom. The Morgan fingerprint density at radius 1 is 1.44 bits per heavy atom. The molecule has 1 atom stereocenters. The zero-order chi connectivity index (χ0) is 7.49. The fourth-order valence-corrected chi connectivity index (χ4v) is 1.11. The molecule has 0 spiro atoms. The highest BCUT2D eigenvalue weighted by Crippen LogP contribution is 2.20. The Kier molecular flexibility index (Phi) is 3.39. The van der Waals surface area contributed by atoms with Crippen molar-refractivity contribution >= 4 is 9.76 Å². The van der Waals surface area contributed by atoms with E-state index in [1.807, 2.05) is 0 Å². The molecule has 2 nitrogen and oxygen atoms in total. The average Bonchev–Trinajstić information content (AvgIpc) is 1.59. The van der Waals surface area contributed by atoms with Crippen molar-refractivity contribution in [2.45, 2.75) is 39.0 Å². The van der Waals surface area contributed by atoms with E-state index in [2.05, 4.69) is 20.8 Å². The van der Waals surface area contributed by atoms with E-state index in [4.69, 9.17) is 9.53 Å². The molecule has 0 radical (unpaired) electrons. The van der Waals surface area contributed by atoms with Gasteiger partial charge in [0.1, 0.15) is 6.29 Å². The number of aliphatic hydroxyl groups excluding tert-OH is 1. The first kappa shape index (κ1) is 9.14. The van der Waals surface area contributed by atoms with Gasteiger partial charge in [0.05, 0.1) is 0 Å². The fraction of sp³-hybridized carbons (Fsp3) is 1.00. The smallest absolute Gasteiger partial charge is 0.170 e. The van der Waals surface area contributed by atoms with E-state index >= 15 is 0 Å². The normalized spacial score (nSPS) is 17.0. The van der Waals surface area contributed by atoms with Crippen LogP contribution in [0, 0.1) is 0 Å². The topological polar surface area (TPSA) is 29.5 Å². The molecule has 3 heteroatoms. The highest BCUT2D eigenvalue weighted by Gasteiger charge is 2.12. The molecule has 0 saturated carbocycles. The van der Waals surface area contributed by atoms with Crippen molar-refractivity contribution in [3.8, 4) is 0 Å². The molecule has 56 valence electrons. The lowest BCUT2D eigenvalue weighted by atomic mass is 10.3. The van der Waals surface area contributed by atoms with E-state index < -0.39 is 16.1 Å². The van der Waals surface area contributed by atoms with Crippen molar-refractivity contribution in [1.29, 1.82) is 0 Å². The van der Waals surface area contributed by atoms with Crippen LogP contribution < -0.4 is 0 Å². The SMILES string of the molecule is CC(O)O[SiH2]C(C)(C)C. The van der Waals surface area contributed by atoms with Gasteiger partial charge in [0, 0.05) is 0 Å². The molecule has 0 heterocycles. The lowest BCUT2D eigenvalue weighted by Crippen LogP contribution is -2.18. The molecular formula is C6H16O2Si.